The zero-order valence-corrected chi connectivity index (χ0v) is 16.5. The molecule has 0 radical (unpaired) electrons. The maximum Gasteiger partial charge on any atom is 0.275 e. The van der Waals surface area contributed by atoms with Crippen LogP contribution in [0.25, 0.3) is 0 Å². The van der Waals surface area contributed by atoms with Crippen molar-refractivity contribution in [3.05, 3.63) is 34.6 Å². The van der Waals surface area contributed by atoms with Gasteiger partial charge in [-0.15, -0.1) is 5.10 Å². The molecule has 1 aromatic carbocycles. The largest absolute Gasteiger partial charge is 0.384 e. The van der Waals surface area contributed by atoms with Gasteiger partial charge >= 0.3 is 0 Å². The third-order valence-electron chi connectivity index (χ3n) is 4.70. The Bertz CT molecular complexity index is 826. The first-order valence-electron chi connectivity index (χ1n) is 9.10. The van der Waals surface area contributed by atoms with Gasteiger partial charge in [0.15, 0.2) is 12.0 Å². The van der Waals surface area contributed by atoms with Crippen molar-refractivity contribution in [3.63, 3.8) is 0 Å². The summed E-state index contributed by atoms with van der Waals surface area (Å²) in [7, 11) is 0. The number of amides is 1. The zero-order chi connectivity index (χ0) is 21.0. The van der Waals surface area contributed by atoms with Gasteiger partial charge in [-0.25, -0.2) is 8.78 Å². The van der Waals surface area contributed by atoms with Crippen molar-refractivity contribution in [2.75, 3.05) is 19.8 Å². The summed E-state index contributed by atoms with van der Waals surface area (Å²) in [6, 6.07) is 4.03. The number of benzene rings is 1. The van der Waals surface area contributed by atoms with Gasteiger partial charge in [0.2, 0.25) is 5.91 Å². The molecule has 1 amide bonds. The maximum atomic E-state index is 13.8. The molecule has 1 aliphatic heterocycles. The van der Waals surface area contributed by atoms with Gasteiger partial charge in [-0.2, -0.15) is 0 Å². The van der Waals surface area contributed by atoms with E-state index < -0.39 is 17.4 Å². The number of carbonyl (C=O) groups excluding carboxylic acids is 1. The van der Waals surface area contributed by atoms with Crippen molar-refractivity contribution in [1.29, 1.82) is 0 Å². The predicted octanol–water partition coefficient (Wildman–Crippen LogP) is 1.58. The predicted molar refractivity (Wildman–Crippen MR) is 104 cm³/mol. The molecular weight excluding hydrogens is 408 g/mol. The smallest absolute Gasteiger partial charge is 0.275 e. The van der Waals surface area contributed by atoms with E-state index in [9.17, 15) is 13.6 Å². The molecule has 3 rings (SSSR count). The quantitative estimate of drug-likeness (QED) is 0.330. The standard InChI is InChI=1S/C18H22ClF2N5O3/c1-10(20)16(25-23-7-15(27)24-12-8-28-9-12)29-26-17(22)18(4-5-18)13-3-2-11(21)6-14(13)19/h2-3,6,10,12,23H,4-5,7-9H2,1H3,(H2,22,26)(H,24,27)/b25-16+/t10-/m1/s1. The summed E-state index contributed by atoms with van der Waals surface area (Å²) in [5.41, 5.74) is 8.45. The van der Waals surface area contributed by atoms with Crippen molar-refractivity contribution in [2.24, 2.45) is 16.0 Å². The van der Waals surface area contributed by atoms with Crippen LogP contribution in [-0.2, 0) is 19.8 Å². The number of oxime groups is 1. The third kappa shape index (κ3) is 5.13. The molecule has 8 nitrogen and oxygen atoms in total. The normalized spacial score (nSPS) is 19.9. The molecule has 158 valence electrons. The van der Waals surface area contributed by atoms with E-state index in [1.807, 2.05) is 0 Å². The maximum absolute atomic E-state index is 13.8. The summed E-state index contributed by atoms with van der Waals surface area (Å²) in [6.07, 6.45) is -0.289. The number of amidine groups is 1. The summed E-state index contributed by atoms with van der Waals surface area (Å²) in [6.45, 7) is 1.99. The first-order chi connectivity index (χ1) is 13.8. The average Bonchev–Trinajstić information content (AvgIpc) is 3.42. The van der Waals surface area contributed by atoms with Crippen molar-refractivity contribution in [3.8, 4) is 0 Å². The van der Waals surface area contributed by atoms with Gasteiger partial charge in [0.05, 0.1) is 24.7 Å². The summed E-state index contributed by atoms with van der Waals surface area (Å²) in [5.74, 6) is -1.06. The number of nitrogens with one attached hydrogen (secondary N) is 2. The van der Waals surface area contributed by atoms with Crippen LogP contribution < -0.4 is 16.5 Å². The van der Waals surface area contributed by atoms with Gasteiger partial charge in [0, 0.05) is 5.02 Å². The average molecular weight is 430 g/mol. The SMILES string of the molecule is C[C@@H](F)/C(=N\NCC(=O)NC1COC1)O/N=C(\N)C1(c2ccc(F)cc2Cl)CC1. The minimum Gasteiger partial charge on any atom is -0.384 e. The van der Waals surface area contributed by atoms with Crippen LogP contribution >= 0.6 is 11.6 Å². The first kappa shape index (κ1) is 21.3. The summed E-state index contributed by atoms with van der Waals surface area (Å²) in [4.78, 5) is 16.8. The van der Waals surface area contributed by atoms with Gasteiger partial charge in [0.25, 0.3) is 5.90 Å². The molecule has 2 aliphatic rings. The Morgan fingerprint density at radius 2 is 2.21 bits per heavy atom. The highest BCUT2D eigenvalue weighted by Gasteiger charge is 2.50. The lowest BCUT2D eigenvalue weighted by Crippen LogP contribution is -2.50. The highest BCUT2D eigenvalue weighted by Crippen LogP contribution is 2.50. The van der Waals surface area contributed by atoms with Crippen LogP contribution in [0, 0.1) is 5.82 Å². The van der Waals surface area contributed by atoms with Gasteiger partial charge < -0.3 is 20.6 Å². The highest BCUT2D eigenvalue weighted by atomic mass is 35.5. The fourth-order valence-electron chi connectivity index (χ4n) is 2.82. The Labute approximate surface area is 171 Å². The minimum absolute atomic E-state index is 0.0125. The number of alkyl halides is 1. The third-order valence-corrected chi connectivity index (χ3v) is 5.01. The van der Waals surface area contributed by atoms with Crippen molar-refractivity contribution in [1.82, 2.24) is 10.7 Å². The second-order valence-corrected chi connectivity index (χ2v) is 7.38. The Morgan fingerprint density at radius 1 is 1.48 bits per heavy atom. The van der Waals surface area contributed by atoms with E-state index in [2.05, 4.69) is 21.0 Å². The van der Waals surface area contributed by atoms with E-state index in [0.29, 0.717) is 31.6 Å². The van der Waals surface area contributed by atoms with Crippen LogP contribution in [0.3, 0.4) is 0 Å². The molecule has 1 aliphatic carbocycles. The number of ether oxygens (including phenoxy) is 1. The molecule has 1 saturated heterocycles. The minimum atomic E-state index is -1.59. The molecule has 1 atom stereocenters. The number of hydrogen-bond donors (Lipinski definition) is 3. The molecule has 1 heterocycles. The molecule has 29 heavy (non-hydrogen) atoms. The Kier molecular flexibility index (Phi) is 6.53. The number of nitrogens with zero attached hydrogens (tertiary/aromatic N) is 2. The number of nitrogens with two attached hydrogens (primary N) is 1. The van der Waals surface area contributed by atoms with Gasteiger partial charge in [-0.1, -0.05) is 22.8 Å². The second kappa shape index (κ2) is 8.91. The number of hydrazone groups is 1. The Hall–Kier alpha value is -2.46. The topological polar surface area (TPSA) is 110 Å². The molecule has 0 spiro atoms. The molecule has 1 saturated carbocycles. The number of carbonyl (C=O) groups is 1. The Morgan fingerprint density at radius 3 is 2.76 bits per heavy atom. The number of hydrogen-bond acceptors (Lipinski definition) is 6. The monoisotopic (exact) mass is 429 g/mol. The fraction of sp³-hybridized carbons (Fsp3) is 0.500. The summed E-state index contributed by atoms with van der Waals surface area (Å²) in [5, 5.41) is 10.5. The van der Waals surface area contributed by atoms with Gasteiger partial charge in [-0.3, -0.25) is 10.2 Å². The molecule has 0 unspecified atom stereocenters. The highest BCUT2D eigenvalue weighted by molar-refractivity contribution is 6.32. The second-order valence-electron chi connectivity index (χ2n) is 6.98. The van der Waals surface area contributed by atoms with Crippen LogP contribution in [0.4, 0.5) is 8.78 Å². The molecule has 1 aromatic rings. The summed E-state index contributed by atoms with van der Waals surface area (Å²) >= 11 is 6.13. The summed E-state index contributed by atoms with van der Waals surface area (Å²) < 4.78 is 32.0. The number of halogens is 3. The molecule has 0 bridgehead atoms. The van der Waals surface area contributed by atoms with E-state index >= 15 is 0 Å². The van der Waals surface area contributed by atoms with E-state index in [1.165, 1.54) is 19.1 Å². The number of rotatable bonds is 8. The van der Waals surface area contributed by atoms with Crippen molar-refractivity contribution in [2.45, 2.75) is 37.4 Å². The van der Waals surface area contributed by atoms with Crippen LogP contribution in [-0.4, -0.2) is 49.6 Å². The van der Waals surface area contributed by atoms with E-state index in [1.54, 1.807) is 6.07 Å². The van der Waals surface area contributed by atoms with Crippen LogP contribution in [0.15, 0.2) is 28.5 Å². The Balaban J connectivity index is 1.61. The molecular formula is C18H22ClF2N5O3. The van der Waals surface area contributed by atoms with Crippen molar-refractivity contribution >= 4 is 29.2 Å². The molecule has 4 N–H and O–H groups in total. The lowest BCUT2D eigenvalue weighted by atomic mass is 9.95. The van der Waals surface area contributed by atoms with Crippen molar-refractivity contribution < 1.29 is 23.1 Å². The zero-order valence-electron chi connectivity index (χ0n) is 15.8. The fourth-order valence-corrected chi connectivity index (χ4v) is 3.17. The van der Waals surface area contributed by atoms with Gasteiger partial charge in [-0.05, 0) is 37.5 Å². The van der Waals surface area contributed by atoms with E-state index in [-0.39, 0.29) is 35.2 Å². The first-order valence-corrected chi connectivity index (χ1v) is 9.48. The lowest BCUT2D eigenvalue weighted by molar-refractivity contribution is -0.124. The van der Waals surface area contributed by atoms with Crippen LogP contribution in [0.5, 0.6) is 0 Å². The van der Waals surface area contributed by atoms with Crippen LogP contribution in [0.1, 0.15) is 25.3 Å². The molecule has 0 aromatic heterocycles. The van der Waals surface area contributed by atoms with E-state index in [4.69, 9.17) is 26.9 Å². The molecule has 2 fully saturated rings. The van der Waals surface area contributed by atoms with E-state index in [0.717, 1.165) is 0 Å². The van der Waals surface area contributed by atoms with Crippen LogP contribution in [0.2, 0.25) is 5.02 Å². The lowest BCUT2D eigenvalue weighted by Gasteiger charge is -2.26. The molecule has 11 heteroatoms. The van der Waals surface area contributed by atoms with Gasteiger partial charge in [0.1, 0.15) is 12.4 Å².